The molecule has 1 aromatic carbocycles. The Morgan fingerprint density at radius 2 is 2.12 bits per heavy atom. The van der Waals surface area contributed by atoms with Crippen molar-refractivity contribution in [1.82, 2.24) is 20.0 Å². The Bertz CT molecular complexity index is 977. The van der Waals surface area contributed by atoms with Crippen LogP contribution in [0.5, 0.6) is 0 Å². The van der Waals surface area contributed by atoms with Gasteiger partial charge in [-0.25, -0.2) is 0 Å². The zero-order valence-electron chi connectivity index (χ0n) is 13.9. The molecule has 0 bridgehead atoms. The van der Waals surface area contributed by atoms with E-state index in [1.54, 1.807) is 41.6 Å². The first kappa shape index (κ1) is 16.0. The van der Waals surface area contributed by atoms with Crippen LogP contribution in [0.2, 0.25) is 0 Å². The SMILES string of the molecule is N#Cc1cccc(CN2C(=O)CC[C@H]2c2nc(-c3ccncc3)no2)c1. The third-order valence-electron chi connectivity index (χ3n) is 4.40. The number of amides is 1. The largest absolute Gasteiger partial charge is 0.337 e. The van der Waals surface area contributed by atoms with Crippen LogP contribution < -0.4 is 0 Å². The summed E-state index contributed by atoms with van der Waals surface area (Å²) in [5, 5.41) is 13.1. The summed E-state index contributed by atoms with van der Waals surface area (Å²) in [7, 11) is 0. The zero-order chi connectivity index (χ0) is 17.9. The highest BCUT2D eigenvalue weighted by Crippen LogP contribution is 2.34. The molecule has 2 aromatic heterocycles. The second kappa shape index (κ2) is 6.76. The second-order valence-corrected chi connectivity index (χ2v) is 6.08. The number of rotatable bonds is 4. The van der Waals surface area contributed by atoms with Crippen LogP contribution in [0.15, 0.2) is 53.3 Å². The molecule has 0 radical (unpaired) electrons. The normalized spacial score (nSPS) is 16.7. The van der Waals surface area contributed by atoms with Crippen molar-refractivity contribution in [2.24, 2.45) is 0 Å². The van der Waals surface area contributed by atoms with Crippen LogP contribution in [0.4, 0.5) is 0 Å². The minimum Gasteiger partial charge on any atom is -0.337 e. The number of hydrogen-bond acceptors (Lipinski definition) is 6. The van der Waals surface area contributed by atoms with E-state index in [0.29, 0.717) is 36.7 Å². The third-order valence-corrected chi connectivity index (χ3v) is 4.40. The molecule has 1 aliphatic rings. The van der Waals surface area contributed by atoms with Crippen molar-refractivity contribution in [1.29, 1.82) is 5.26 Å². The fourth-order valence-electron chi connectivity index (χ4n) is 3.11. The van der Waals surface area contributed by atoms with Gasteiger partial charge in [0, 0.05) is 30.9 Å². The Morgan fingerprint density at radius 3 is 2.92 bits per heavy atom. The van der Waals surface area contributed by atoms with E-state index in [2.05, 4.69) is 21.2 Å². The summed E-state index contributed by atoms with van der Waals surface area (Å²) in [4.78, 5) is 22.5. The highest BCUT2D eigenvalue weighted by molar-refractivity contribution is 5.78. The predicted molar refractivity (Wildman–Crippen MR) is 91.2 cm³/mol. The molecule has 1 atom stereocenters. The molecule has 0 spiro atoms. The lowest BCUT2D eigenvalue weighted by Gasteiger charge is -2.22. The molecule has 7 nitrogen and oxygen atoms in total. The number of carbonyl (C=O) groups is 1. The third kappa shape index (κ3) is 3.05. The topological polar surface area (TPSA) is 95.9 Å². The van der Waals surface area contributed by atoms with Crippen molar-refractivity contribution in [2.75, 3.05) is 0 Å². The van der Waals surface area contributed by atoms with Crippen molar-refractivity contribution in [3.63, 3.8) is 0 Å². The van der Waals surface area contributed by atoms with E-state index in [9.17, 15) is 4.79 Å². The summed E-state index contributed by atoms with van der Waals surface area (Å²) in [5.41, 5.74) is 2.29. The molecule has 1 aliphatic heterocycles. The summed E-state index contributed by atoms with van der Waals surface area (Å²) >= 11 is 0. The summed E-state index contributed by atoms with van der Waals surface area (Å²) in [5.74, 6) is 0.952. The van der Waals surface area contributed by atoms with E-state index >= 15 is 0 Å². The van der Waals surface area contributed by atoms with Crippen LogP contribution >= 0.6 is 0 Å². The van der Waals surface area contributed by atoms with Gasteiger partial charge in [0.25, 0.3) is 0 Å². The fraction of sp³-hybridized carbons (Fsp3) is 0.211. The van der Waals surface area contributed by atoms with Gasteiger partial charge in [0.05, 0.1) is 11.6 Å². The average molecular weight is 345 g/mol. The standard InChI is InChI=1S/C19H15N5O2/c20-11-13-2-1-3-14(10-13)12-24-16(4-5-17(24)25)19-22-18(23-26-19)15-6-8-21-9-7-15/h1-3,6-10,16H,4-5,12H2/t16-/m0/s1. The van der Waals surface area contributed by atoms with Gasteiger partial charge in [0.15, 0.2) is 0 Å². The maximum absolute atomic E-state index is 12.4. The maximum atomic E-state index is 12.4. The highest BCUT2D eigenvalue weighted by Gasteiger charge is 2.36. The second-order valence-electron chi connectivity index (χ2n) is 6.08. The van der Waals surface area contributed by atoms with Crippen molar-refractivity contribution in [3.8, 4) is 17.5 Å². The molecule has 1 saturated heterocycles. The smallest absolute Gasteiger partial charge is 0.249 e. The van der Waals surface area contributed by atoms with Gasteiger partial charge in [0.2, 0.25) is 17.6 Å². The lowest BCUT2D eigenvalue weighted by atomic mass is 10.1. The molecular formula is C19H15N5O2. The number of hydrogen-bond donors (Lipinski definition) is 0. The average Bonchev–Trinajstić information content (AvgIpc) is 3.30. The molecule has 4 rings (SSSR count). The Balaban J connectivity index is 1.59. The quantitative estimate of drug-likeness (QED) is 0.721. The van der Waals surface area contributed by atoms with Gasteiger partial charge in [-0.15, -0.1) is 0 Å². The van der Waals surface area contributed by atoms with Gasteiger partial charge in [-0.2, -0.15) is 10.2 Å². The van der Waals surface area contributed by atoms with E-state index in [0.717, 1.165) is 11.1 Å². The monoisotopic (exact) mass is 345 g/mol. The summed E-state index contributed by atoms with van der Waals surface area (Å²) in [6.45, 7) is 0.409. The number of carbonyl (C=O) groups excluding carboxylic acids is 1. The number of nitriles is 1. The molecule has 3 heterocycles. The molecule has 26 heavy (non-hydrogen) atoms. The van der Waals surface area contributed by atoms with E-state index < -0.39 is 0 Å². The van der Waals surface area contributed by atoms with Crippen molar-refractivity contribution >= 4 is 5.91 Å². The van der Waals surface area contributed by atoms with E-state index in [1.807, 2.05) is 12.1 Å². The van der Waals surface area contributed by atoms with Crippen LogP contribution in [0, 0.1) is 11.3 Å². The van der Waals surface area contributed by atoms with Gasteiger partial charge in [-0.1, -0.05) is 17.3 Å². The van der Waals surface area contributed by atoms with Gasteiger partial charge in [-0.05, 0) is 36.2 Å². The van der Waals surface area contributed by atoms with Gasteiger partial charge in [0.1, 0.15) is 6.04 Å². The van der Waals surface area contributed by atoms with E-state index in [1.165, 1.54) is 0 Å². The minimum absolute atomic E-state index is 0.0426. The van der Waals surface area contributed by atoms with Crippen molar-refractivity contribution in [2.45, 2.75) is 25.4 Å². The highest BCUT2D eigenvalue weighted by atomic mass is 16.5. The molecule has 1 fully saturated rings. The van der Waals surface area contributed by atoms with Crippen LogP contribution in [0.3, 0.4) is 0 Å². The van der Waals surface area contributed by atoms with Crippen LogP contribution in [-0.4, -0.2) is 25.9 Å². The van der Waals surface area contributed by atoms with E-state index in [4.69, 9.17) is 9.78 Å². The number of aromatic nitrogens is 3. The number of likely N-dealkylation sites (tertiary alicyclic amines) is 1. The van der Waals surface area contributed by atoms with E-state index in [-0.39, 0.29) is 11.9 Å². The van der Waals surface area contributed by atoms with Crippen LogP contribution in [-0.2, 0) is 11.3 Å². The van der Waals surface area contributed by atoms with Crippen LogP contribution in [0.1, 0.15) is 35.9 Å². The molecule has 0 unspecified atom stereocenters. The summed E-state index contributed by atoms with van der Waals surface area (Å²) in [6, 6.07) is 12.7. The predicted octanol–water partition coefficient (Wildman–Crippen LogP) is 2.87. The van der Waals surface area contributed by atoms with Gasteiger partial charge < -0.3 is 9.42 Å². The Morgan fingerprint density at radius 1 is 1.27 bits per heavy atom. The summed E-state index contributed by atoms with van der Waals surface area (Å²) < 4.78 is 5.44. The molecule has 7 heteroatoms. The van der Waals surface area contributed by atoms with Crippen molar-refractivity contribution in [3.05, 3.63) is 65.8 Å². The molecule has 0 N–H and O–H groups in total. The lowest BCUT2D eigenvalue weighted by molar-refractivity contribution is -0.129. The Labute approximate surface area is 149 Å². The molecular weight excluding hydrogens is 330 g/mol. The first-order chi connectivity index (χ1) is 12.7. The zero-order valence-corrected chi connectivity index (χ0v) is 13.9. The molecule has 0 saturated carbocycles. The first-order valence-corrected chi connectivity index (χ1v) is 8.27. The fourth-order valence-corrected chi connectivity index (χ4v) is 3.11. The van der Waals surface area contributed by atoms with Crippen molar-refractivity contribution < 1.29 is 9.32 Å². The number of benzene rings is 1. The number of nitrogens with zero attached hydrogens (tertiary/aromatic N) is 5. The molecule has 128 valence electrons. The molecule has 0 aliphatic carbocycles. The van der Waals surface area contributed by atoms with Crippen LogP contribution in [0.25, 0.3) is 11.4 Å². The minimum atomic E-state index is -0.253. The Hall–Kier alpha value is -3.53. The lowest BCUT2D eigenvalue weighted by Crippen LogP contribution is -2.27. The summed E-state index contributed by atoms with van der Waals surface area (Å²) in [6.07, 6.45) is 4.40. The Kier molecular flexibility index (Phi) is 4.15. The molecule has 3 aromatic rings. The maximum Gasteiger partial charge on any atom is 0.249 e. The number of pyridine rings is 1. The van der Waals surface area contributed by atoms with Gasteiger partial charge >= 0.3 is 0 Å². The van der Waals surface area contributed by atoms with Gasteiger partial charge in [-0.3, -0.25) is 9.78 Å². The first-order valence-electron chi connectivity index (χ1n) is 8.27. The molecule has 1 amide bonds.